The van der Waals surface area contributed by atoms with Crippen molar-refractivity contribution in [1.82, 2.24) is 0 Å². The van der Waals surface area contributed by atoms with E-state index in [0.29, 0.717) is 0 Å². The number of hydrogen-bond donors (Lipinski definition) is 0. The van der Waals surface area contributed by atoms with Crippen LogP contribution in [0.25, 0.3) is 0 Å². The predicted octanol–water partition coefficient (Wildman–Crippen LogP) is 0.886. The summed E-state index contributed by atoms with van der Waals surface area (Å²) in [6.45, 7) is 0. The van der Waals surface area contributed by atoms with E-state index < -0.39 is 0 Å². The van der Waals surface area contributed by atoms with E-state index in [0.717, 1.165) is 0 Å². The van der Waals surface area contributed by atoms with E-state index in [1.54, 1.807) is 27.6 Å². The molecule has 0 aromatic rings. The van der Waals surface area contributed by atoms with E-state index in [1.807, 2.05) is 0 Å². The molecule has 0 bridgehead atoms. The molecule has 0 atom stereocenters. The zero-order valence-electron chi connectivity index (χ0n) is 4.61. The van der Waals surface area contributed by atoms with E-state index in [9.17, 15) is 0 Å². The van der Waals surface area contributed by atoms with Gasteiger partial charge in [0.15, 0.2) is 0 Å². The van der Waals surface area contributed by atoms with E-state index in [1.165, 1.54) is 0 Å². The molecule has 0 amide bonds. The van der Waals surface area contributed by atoms with Crippen LogP contribution in [-0.2, 0) is 0 Å². The summed E-state index contributed by atoms with van der Waals surface area (Å²) in [5.74, 6) is 0. The van der Waals surface area contributed by atoms with Crippen LogP contribution in [0.5, 0.6) is 0 Å². The first-order valence-corrected chi connectivity index (χ1v) is 7.48. The number of hydrogen-bond acceptors (Lipinski definition) is 0. The molecule has 1 nitrogen and oxygen atoms in total. The van der Waals surface area contributed by atoms with Crippen LogP contribution in [0.3, 0.4) is 0 Å². The first-order valence-electron chi connectivity index (χ1n) is 2.82. The van der Waals surface area contributed by atoms with Crippen molar-refractivity contribution in [3.05, 3.63) is 0 Å². The van der Waals surface area contributed by atoms with Gasteiger partial charge in [-0.05, 0) is 0 Å². The van der Waals surface area contributed by atoms with Crippen molar-refractivity contribution in [2.75, 3.05) is 0 Å². The molecular formula is C5H12InO. The summed E-state index contributed by atoms with van der Waals surface area (Å²) in [4.78, 5) is 0. The molecule has 2 N–H and O–H groups in total. The van der Waals surface area contributed by atoms with Gasteiger partial charge in [0.1, 0.15) is 0 Å². The molecule has 2 heteroatoms. The SMILES string of the molecule is C1C[CH2][In][CH2]C1.O. The summed E-state index contributed by atoms with van der Waals surface area (Å²) >= 11 is 0.144. The Hall–Kier alpha value is 0.830. The minimum absolute atomic E-state index is 0. The summed E-state index contributed by atoms with van der Waals surface area (Å²) in [5, 5.41) is 0. The van der Waals surface area contributed by atoms with Crippen LogP contribution < -0.4 is 0 Å². The Kier molecular flexibility index (Phi) is 5.57. The summed E-state index contributed by atoms with van der Waals surface area (Å²) < 4.78 is 3.38. The van der Waals surface area contributed by atoms with Crippen LogP contribution in [0.1, 0.15) is 19.3 Å². The maximum Gasteiger partial charge on any atom is -0.412 e. The molecule has 0 unspecified atom stereocenters. The van der Waals surface area contributed by atoms with Crippen LogP contribution in [0, 0.1) is 0 Å². The Labute approximate surface area is 56.2 Å². The largest absolute Gasteiger partial charge is 0.412 e. The summed E-state index contributed by atoms with van der Waals surface area (Å²) in [6.07, 6.45) is 4.72. The molecule has 1 radical (unpaired) electrons. The average molecular weight is 203 g/mol. The van der Waals surface area contributed by atoms with Crippen LogP contribution in [-0.4, -0.2) is 28.4 Å². The second-order valence-electron chi connectivity index (χ2n) is 1.93. The van der Waals surface area contributed by atoms with Crippen molar-refractivity contribution in [3.8, 4) is 0 Å². The van der Waals surface area contributed by atoms with Crippen LogP contribution in [0.4, 0.5) is 0 Å². The van der Waals surface area contributed by atoms with E-state index in [2.05, 4.69) is 0 Å². The Bertz CT molecular complexity index is 23.6. The Morgan fingerprint density at radius 3 is 1.57 bits per heavy atom. The van der Waals surface area contributed by atoms with Gasteiger partial charge in [-0.3, -0.25) is 0 Å². The summed E-state index contributed by atoms with van der Waals surface area (Å²) in [7, 11) is 0. The fourth-order valence-corrected chi connectivity index (χ4v) is 5.02. The Balaban J connectivity index is 0.000000360. The maximum atomic E-state index is 1.69. The fourth-order valence-electron chi connectivity index (χ4n) is 0.898. The number of rotatable bonds is 0. The summed E-state index contributed by atoms with van der Waals surface area (Å²) in [5.41, 5.74) is 0. The van der Waals surface area contributed by atoms with Gasteiger partial charge in [-0.1, -0.05) is 0 Å². The Morgan fingerprint density at radius 1 is 0.857 bits per heavy atom. The molecule has 0 aromatic carbocycles. The fraction of sp³-hybridized carbons (Fsp3) is 1.00. The second kappa shape index (κ2) is 4.98. The Morgan fingerprint density at radius 2 is 1.43 bits per heavy atom. The molecule has 7 heavy (non-hydrogen) atoms. The van der Waals surface area contributed by atoms with Gasteiger partial charge in [-0.25, -0.2) is 0 Å². The minimum Gasteiger partial charge on any atom is -0.412 e. The average Bonchev–Trinajstić information content (AvgIpc) is 1.72. The van der Waals surface area contributed by atoms with Crippen molar-refractivity contribution in [1.29, 1.82) is 0 Å². The second-order valence-corrected chi connectivity index (χ2v) is 6.87. The summed E-state index contributed by atoms with van der Waals surface area (Å²) in [6, 6.07) is 0. The first-order chi connectivity index (χ1) is 3.00. The first kappa shape index (κ1) is 7.83. The minimum atomic E-state index is 0. The molecule has 0 aliphatic carbocycles. The smallest absolute Gasteiger partial charge is 0.412 e. The van der Waals surface area contributed by atoms with Crippen molar-refractivity contribution >= 4 is 22.9 Å². The standard InChI is InChI=1S/C5H10.In.H2O/c1-3-5-4-2;;/h1-5H2;;1H2. The van der Waals surface area contributed by atoms with Gasteiger partial charge in [0, 0.05) is 0 Å². The van der Waals surface area contributed by atoms with Crippen molar-refractivity contribution in [2.45, 2.75) is 27.6 Å². The van der Waals surface area contributed by atoms with Crippen molar-refractivity contribution in [2.24, 2.45) is 0 Å². The zero-order valence-corrected chi connectivity index (χ0v) is 7.91. The van der Waals surface area contributed by atoms with Crippen LogP contribution >= 0.6 is 0 Å². The molecule has 0 saturated carbocycles. The molecule has 1 rings (SSSR count). The van der Waals surface area contributed by atoms with E-state index in [-0.39, 0.29) is 28.4 Å². The molecular weight excluding hydrogens is 191 g/mol. The van der Waals surface area contributed by atoms with Crippen LogP contribution in [0.2, 0.25) is 8.35 Å². The van der Waals surface area contributed by atoms with Crippen LogP contribution in [0.15, 0.2) is 0 Å². The van der Waals surface area contributed by atoms with Gasteiger partial charge in [0.05, 0.1) is 0 Å². The molecule has 41 valence electrons. The van der Waals surface area contributed by atoms with Crippen molar-refractivity contribution < 1.29 is 5.48 Å². The molecule has 0 aromatic heterocycles. The van der Waals surface area contributed by atoms with E-state index in [4.69, 9.17) is 0 Å². The zero-order chi connectivity index (χ0) is 4.24. The van der Waals surface area contributed by atoms with Gasteiger partial charge in [-0.15, -0.1) is 0 Å². The molecule has 1 fully saturated rings. The van der Waals surface area contributed by atoms with Gasteiger partial charge < -0.3 is 5.48 Å². The van der Waals surface area contributed by atoms with Crippen molar-refractivity contribution in [3.63, 3.8) is 0 Å². The maximum absolute atomic E-state index is 1.69. The quantitative estimate of drug-likeness (QED) is 0.559. The molecule has 1 aliphatic rings. The van der Waals surface area contributed by atoms with Gasteiger partial charge >= 0.3 is 50.5 Å². The third-order valence-corrected chi connectivity index (χ3v) is 5.98. The molecule has 1 aliphatic heterocycles. The topological polar surface area (TPSA) is 31.5 Å². The predicted molar refractivity (Wildman–Crippen MR) is 32.8 cm³/mol. The van der Waals surface area contributed by atoms with Gasteiger partial charge in [0.2, 0.25) is 0 Å². The van der Waals surface area contributed by atoms with Gasteiger partial charge in [0.25, 0.3) is 0 Å². The molecule has 1 saturated heterocycles. The van der Waals surface area contributed by atoms with E-state index >= 15 is 0 Å². The molecule has 0 spiro atoms. The third-order valence-electron chi connectivity index (χ3n) is 1.32. The molecule has 1 heterocycles. The monoisotopic (exact) mass is 203 g/mol. The third kappa shape index (κ3) is 3.42. The van der Waals surface area contributed by atoms with Gasteiger partial charge in [-0.2, -0.15) is 0 Å². The normalized spacial score (nSPS) is 19.4.